The van der Waals surface area contributed by atoms with E-state index in [-0.39, 0.29) is 5.95 Å². The van der Waals surface area contributed by atoms with Crippen molar-refractivity contribution in [3.8, 4) is 11.5 Å². The molecule has 0 saturated carbocycles. The SMILES string of the molecule is CCCOc1cccc(/C=N\Nc2nnc(C)c(N/N=C\c3cccc(OCCC)c3)n2)c1. The number of hydrazone groups is 2. The second-order valence-corrected chi connectivity index (χ2v) is 7.15. The van der Waals surface area contributed by atoms with Gasteiger partial charge in [0.2, 0.25) is 0 Å². The van der Waals surface area contributed by atoms with E-state index < -0.39 is 0 Å². The van der Waals surface area contributed by atoms with E-state index in [2.05, 4.69) is 50.1 Å². The van der Waals surface area contributed by atoms with E-state index >= 15 is 0 Å². The number of nitrogens with zero attached hydrogens (tertiary/aromatic N) is 5. The molecule has 33 heavy (non-hydrogen) atoms. The van der Waals surface area contributed by atoms with Crippen molar-refractivity contribution in [2.24, 2.45) is 10.2 Å². The second-order valence-electron chi connectivity index (χ2n) is 7.15. The first-order valence-corrected chi connectivity index (χ1v) is 10.9. The van der Waals surface area contributed by atoms with Gasteiger partial charge in [0.25, 0.3) is 5.95 Å². The van der Waals surface area contributed by atoms with Crippen molar-refractivity contribution in [3.63, 3.8) is 0 Å². The molecule has 0 unspecified atom stereocenters. The molecule has 0 aliphatic carbocycles. The molecule has 172 valence electrons. The summed E-state index contributed by atoms with van der Waals surface area (Å²) in [5.74, 6) is 2.35. The third-order valence-electron chi connectivity index (χ3n) is 4.28. The van der Waals surface area contributed by atoms with Crippen LogP contribution in [0.2, 0.25) is 0 Å². The molecule has 2 N–H and O–H groups in total. The van der Waals surface area contributed by atoms with Gasteiger partial charge in [-0.25, -0.2) is 5.43 Å². The van der Waals surface area contributed by atoms with Crippen LogP contribution in [0, 0.1) is 6.92 Å². The standard InChI is InChI=1S/C24H29N7O2/c1-4-12-32-21-10-6-8-19(14-21)16-25-29-23-18(3)28-31-24(27-23)30-26-17-20-9-7-11-22(15-20)33-13-5-2/h6-11,14-17H,4-5,12-13H2,1-3H3,(H2,27,29,30,31)/b25-16-,26-17-. The van der Waals surface area contributed by atoms with E-state index in [0.29, 0.717) is 24.7 Å². The number of hydrogen-bond acceptors (Lipinski definition) is 9. The predicted octanol–water partition coefficient (Wildman–Crippen LogP) is 4.65. The lowest BCUT2D eigenvalue weighted by molar-refractivity contribution is 0.317. The quantitative estimate of drug-likeness (QED) is 0.307. The third-order valence-corrected chi connectivity index (χ3v) is 4.28. The smallest absolute Gasteiger partial charge is 0.265 e. The van der Waals surface area contributed by atoms with Gasteiger partial charge in [-0.15, -0.1) is 10.2 Å². The fourth-order valence-corrected chi connectivity index (χ4v) is 2.67. The minimum atomic E-state index is 0.253. The molecular formula is C24H29N7O2. The predicted molar refractivity (Wildman–Crippen MR) is 131 cm³/mol. The van der Waals surface area contributed by atoms with Gasteiger partial charge in [-0.3, -0.25) is 5.43 Å². The Labute approximate surface area is 194 Å². The summed E-state index contributed by atoms with van der Waals surface area (Å²) >= 11 is 0. The van der Waals surface area contributed by atoms with E-state index in [4.69, 9.17) is 9.47 Å². The third kappa shape index (κ3) is 7.88. The maximum Gasteiger partial charge on any atom is 0.265 e. The molecule has 9 nitrogen and oxygen atoms in total. The second kappa shape index (κ2) is 12.7. The molecule has 3 aromatic rings. The first kappa shape index (κ1) is 23.6. The summed E-state index contributed by atoms with van der Waals surface area (Å²) in [5, 5.41) is 16.6. The van der Waals surface area contributed by atoms with Crippen LogP contribution in [0.1, 0.15) is 43.5 Å². The van der Waals surface area contributed by atoms with Crippen molar-refractivity contribution in [1.82, 2.24) is 15.2 Å². The van der Waals surface area contributed by atoms with Crippen molar-refractivity contribution in [3.05, 3.63) is 65.4 Å². The van der Waals surface area contributed by atoms with E-state index in [9.17, 15) is 0 Å². The van der Waals surface area contributed by atoms with Crippen LogP contribution in [-0.2, 0) is 0 Å². The fourth-order valence-electron chi connectivity index (χ4n) is 2.67. The van der Waals surface area contributed by atoms with E-state index in [0.717, 1.165) is 35.5 Å². The minimum Gasteiger partial charge on any atom is -0.494 e. The van der Waals surface area contributed by atoms with Crippen LogP contribution in [0.25, 0.3) is 0 Å². The van der Waals surface area contributed by atoms with Gasteiger partial charge in [-0.1, -0.05) is 38.1 Å². The number of benzene rings is 2. The van der Waals surface area contributed by atoms with Gasteiger partial charge in [0.05, 0.1) is 25.6 Å². The molecule has 1 aromatic heterocycles. The molecule has 9 heteroatoms. The topological polar surface area (TPSA) is 106 Å². The monoisotopic (exact) mass is 447 g/mol. The normalized spacial score (nSPS) is 11.1. The zero-order chi connectivity index (χ0) is 23.3. The average Bonchev–Trinajstić information content (AvgIpc) is 2.84. The van der Waals surface area contributed by atoms with Gasteiger partial charge in [0.15, 0.2) is 5.82 Å². The number of nitrogens with one attached hydrogen (secondary N) is 2. The van der Waals surface area contributed by atoms with Crippen LogP contribution in [0.3, 0.4) is 0 Å². The molecule has 0 aliphatic heterocycles. The largest absolute Gasteiger partial charge is 0.494 e. The van der Waals surface area contributed by atoms with Crippen LogP contribution >= 0.6 is 0 Å². The highest BCUT2D eigenvalue weighted by molar-refractivity contribution is 5.81. The molecule has 0 amide bonds. The zero-order valence-corrected chi connectivity index (χ0v) is 19.2. The number of anilines is 2. The molecule has 0 radical (unpaired) electrons. The molecular weight excluding hydrogens is 418 g/mol. The van der Waals surface area contributed by atoms with Gasteiger partial charge in [0.1, 0.15) is 17.2 Å². The number of aryl methyl sites for hydroxylation is 1. The van der Waals surface area contributed by atoms with Gasteiger partial charge >= 0.3 is 0 Å². The maximum atomic E-state index is 5.65. The number of rotatable bonds is 12. The van der Waals surface area contributed by atoms with Gasteiger partial charge in [-0.05, 0) is 55.2 Å². The summed E-state index contributed by atoms with van der Waals surface area (Å²) in [5.41, 5.74) is 8.11. The lowest BCUT2D eigenvalue weighted by atomic mass is 10.2. The molecule has 3 rings (SSSR count). The minimum absolute atomic E-state index is 0.253. The fraction of sp³-hybridized carbons (Fsp3) is 0.292. The summed E-state index contributed by atoms with van der Waals surface area (Å²) < 4.78 is 11.3. The molecule has 2 aromatic carbocycles. The number of ether oxygens (including phenoxy) is 2. The van der Waals surface area contributed by atoms with Crippen molar-refractivity contribution in [2.75, 3.05) is 24.1 Å². The van der Waals surface area contributed by atoms with Crippen LogP contribution in [-0.4, -0.2) is 40.8 Å². The van der Waals surface area contributed by atoms with Crippen molar-refractivity contribution >= 4 is 24.2 Å². The molecule has 0 saturated heterocycles. The summed E-state index contributed by atoms with van der Waals surface area (Å²) in [7, 11) is 0. The molecule has 0 spiro atoms. The van der Waals surface area contributed by atoms with Gasteiger partial charge in [-0.2, -0.15) is 15.2 Å². The summed E-state index contributed by atoms with van der Waals surface area (Å²) in [6.45, 7) is 7.30. The zero-order valence-electron chi connectivity index (χ0n) is 19.2. The Morgan fingerprint density at radius 3 is 1.97 bits per heavy atom. The Bertz CT molecular complexity index is 1090. The lowest BCUT2D eigenvalue weighted by Crippen LogP contribution is -2.05. The van der Waals surface area contributed by atoms with E-state index in [1.165, 1.54) is 0 Å². The number of aromatic nitrogens is 3. The highest BCUT2D eigenvalue weighted by atomic mass is 16.5. The summed E-state index contributed by atoms with van der Waals surface area (Å²) in [4.78, 5) is 4.38. The Kier molecular flexibility index (Phi) is 9.14. The average molecular weight is 448 g/mol. The Hall–Kier alpha value is -4.01. The van der Waals surface area contributed by atoms with Crippen molar-refractivity contribution < 1.29 is 9.47 Å². The summed E-state index contributed by atoms with van der Waals surface area (Å²) in [6, 6.07) is 15.4. The first-order valence-electron chi connectivity index (χ1n) is 10.9. The Morgan fingerprint density at radius 2 is 1.39 bits per heavy atom. The molecule has 0 aliphatic rings. The van der Waals surface area contributed by atoms with Crippen LogP contribution in [0.5, 0.6) is 11.5 Å². The molecule has 0 fully saturated rings. The highest BCUT2D eigenvalue weighted by Crippen LogP contribution is 2.14. The van der Waals surface area contributed by atoms with Gasteiger partial charge < -0.3 is 9.47 Å². The molecule has 1 heterocycles. The highest BCUT2D eigenvalue weighted by Gasteiger charge is 2.04. The van der Waals surface area contributed by atoms with E-state index in [1.807, 2.05) is 48.5 Å². The van der Waals surface area contributed by atoms with Gasteiger partial charge in [0, 0.05) is 0 Å². The van der Waals surface area contributed by atoms with Crippen molar-refractivity contribution in [2.45, 2.75) is 33.6 Å². The van der Waals surface area contributed by atoms with Crippen LogP contribution in [0.4, 0.5) is 11.8 Å². The van der Waals surface area contributed by atoms with Crippen LogP contribution in [0.15, 0.2) is 58.7 Å². The number of hydrogen-bond donors (Lipinski definition) is 2. The molecule has 0 atom stereocenters. The molecule has 0 bridgehead atoms. The summed E-state index contributed by atoms with van der Waals surface area (Å²) in [6.07, 6.45) is 5.28. The Morgan fingerprint density at radius 1 is 0.818 bits per heavy atom. The van der Waals surface area contributed by atoms with Crippen molar-refractivity contribution in [1.29, 1.82) is 0 Å². The van der Waals surface area contributed by atoms with Crippen LogP contribution < -0.4 is 20.3 Å². The van der Waals surface area contributed by atoms with E-state index in [1.54, 1.807) is 19.4 Å². The Balaban J connectivity index is 1.59. The maximum absolute atomic E-state index is 5.65. The first-order chi connectivity index (χ1) is 16.2. The lowest BCUT2D eigenvalue weighted by Gasteiger charge is -2.06.